The van der Waals surface area contributed by atoms with Crippen molar-refractivity contribution < 1.29 is 9.90 Å². The van der Waals surface area contributed by atoms with Crippen LogP contribution in [0.4, 0.5) is 4.79 Å². The topological polar surface area (TPSA) is 52.6 Å². The van der Waals surface area contributed by atoms with E-state index in [4.69, 9.17) is 5.11 Å². The lowest BCUT2D eigenvalue weighted by atomic mass is 9.93. The fourth-order valence-electron chi connectivity index (χ4n) is 2.56. The van der Waals surface area contributed by atoms with E-state index in [9.17, 15) is 4.79 Å². The average molecular weight is 242 g/mol. The van der Waals surface area contributed by atoms with Crippen LogP contribution in [-0.2, 0) is 0 Å². The molecule has 0 spiro atoms. The van der Waals surface area contributed by atoms with Crippen molar-refractivity contribution in [2.24, 2.45) is 0 Å². The van der Waals surface area contributed by atoms with Gasteiger partial charge in [0.2, 0.25) is 0 Å². The first-order valence-electron chi connectivity index (χ1n) is 6.80. The summed E-state index contributed by atoms with van der Waals surface area (Å²) in [5, 5.41) is 11.9. The molecule has 0 aromatic heterocycles. The largest absolute Gasteiger partial charge is 0.396 e. The molecule has 1 heterocycles. The van der Waals surface area contributed by atoms with E-state index in [1.807, 2.05) is 4.90 Å². The van der Waals surface area contributed by atoms with Gasteiger partial charge in [0.15, 0.2) is 0 Å². The van der Waals surface area contributed by atoms with Crippen molar-refractivity contribution in [3.05, 3.63) is 0 Å². The number of hydrogen-bond acceptors (Lipinski definition) is 2. The first kappa shape index (κ1) is 14.3. The third-order valence-electron chi connectivity index (χ3n) is 3.67. The summed E-state index contributed by atoms with van der Waals surface area (Å²) < 4.78 is 0. The molecule has 1 fully saturated rings. The van der Waals surface area contributed by atoms with E-state index in [1.165, 1.54) is 0 Å². The second kappa shape index (κ2) is 6.84. The third-order valence-corrected chi connectivity index (χ3v) is 3.67. The van der Waals surface area contributed by atoms with Crippen LogP contribution in [0.25, 0.3) is 0 Å². The van der Waals surface area contributed by atoms with Gasteiger partial charge in [-0.2, -0.15) is 0 Å². The van der Waals surface area contributed by atoms with Crippen LogP contribution >= 0.6 is 0 Å². The van der Waals surface area contributed by atoms with Crippen molar-refractivity contribution in [1.82, 2.24) is 10.2 Å². The normalized spacial score (nSPS) is 24.1. The van der Waals surface area contributed by atoms with Crippen LogP contribution < -0.4 is 5.32 Å². The zero-order valence-electron chi connectivity index (χ0n) is 11.2. The van der Waals surface area contributed by atoms with Crippen molar-refractivity contribution in [2.75, 3.05) is 19.7 Å². The number of nitrogens with one attached hydrogen (secondary N) is 1. The maximum absolute atomic E-state index is 12.1. The number of urea groups is 1. The summed E-state index contributed by atoms with van der Waals surface area (Å²) in [7, 11) is 0. The fourth-order valence-corrected chi connectivity index (χ4v) is 2.56. The summed E-state index contributed by atoms with van der Waals surface area (Å²) in [5.41, 5.74) is -0.0565. The Morgan fingerprint density at radius 3 is 2.88 bits per heavy atom. The molecule has 1 aliphatic heterocycles. The number of nitrogens with zero attached hydrogens (tertiary/aromatic N) is 1. The lowest BCUT2D eigenvalue weighted by Crippen LogP contribution is -2.49. The molecule has 0 aliphatic carbocycles. The Hall–Kier alpha value is -0.770. The Bertz CT molecular complexity index is 246. The molecule has 1 saturated heterocycles. The monoisotopic (exact) mass is 242 g/mol. The molecule has 0 aromatic carbocycles. The number of aliphatic hydroxyl groups excluding tert-OH is 1. The van der Waals surface area contributed by atoms with Gasteiger partial charge in [0.1, 0.15) is 0 Å². The molecule has 4 nitrogen and oxygen atoms in total. The lowest BCUT2D eigenvalue weighted by Gasteiger charge is -2.35. The quantitative estimate of drug-likeness (QED) is 0.701. The molecule has 1 atom stereocenters. The summed E-state index contributed by atoms with van der Waals surface area (Å²) in [6.07, 6.45) is 5.92. The van der Waals surface area contributed by atoms with E-state index in [-0.39, 0.29) is 18.2 Å². The minimum absolute atomic E-state index is 0.0565. The van der Waals surface area contributed by atoms with E-state index in [2.05, 4.69) is 19.2 Å². The average Bonchev–Trinajstić information content (AvgIpc) is 2.69. The van der Waals surface area contributed by atoms with Gasteiger partial charge < -0.3 is 15.3 Å². The van der Waals surface area contributed by atoms with Crippen molar-refractivity contribution in [2.45, 2.75) is 57.9 Å². The zero-order valence-corrected chi connectivity index (χ0v) is 11.2. The Labute approximate surface area is 104 Å². The Kier molecular flexibility index (Phi) is 5.75. The smallest absolute Gasteiger partial charge is 0.317 e. The molecule has 2 amide bonds. The van der Waals surface area contributed by atoms with E-state index in [0.29, 0.717) is 0 Å². The summed E-state index contributed by atoms with van der Waals surface area (Å²) in [5.74, 6) is 0. The standard InChI is InChI=1S/C13H26N2O2/c1-3-4-9-14-12(17)15-10-5-7-13(15,2)8-6-11-16/h16H,3-11H2,1-2H3,(H,14,17). The lowest BCUT2D eigenvalue weighted by molar-refractivity contribution is 0.141. The van der Waals surface area contributed by atoms with Crippen molar-refractivity contribution in [1.29, 1.82) is 0 Å². The summed E-state index contributed by atoms with van der Waals surface area (Å²) in [6.45, 7) is 6.07. The van der Waals surface area contributed by atoms with Gasteiger partial charge >= 0.3 is 6.03 Å². The Morgan fingerprint density at radius 1 is 1.47 bits per heavy atom. The molecular formula is C13H26N2O2. The molecule has 1 aliphatic rings. The molecule has 4 heteroatoms. The highest BCUT2D eigenvalue weighted by atomic mass is 16.3. The molecular weight excluding hydrogens is 216 g/mol. The van der Waals surface area contributed by atoms with Crippen LogP contribution in [0.3, 0.4) is 0 Å². The van der Waals surface area contributed by atoms with E-state index in [1.54, 1.807) is 0 Å². The van der Waals surface area contributed by atoms with Crippen LogP contribution in [0.1, 0.15) is 52.4 Å². The number of likely N-dealkylation sites (tertiary alicyclic amines) is 1. The van der Waals surface area contributed by atoms with Crippen LogP contribution in [0, 0.1) is 0 Å². The minimum Gasteiger partial charge on any atom is -0.396 e. The predicted octanol–water partition coefficient (Wildman–Crippen LogP) is 2.12. The Morgan fingerprint density at radius 2 is 2.24 bits per heavy atom. The molecule has 100 valence electrons. The first-order chi connectivity index (χ1) is 8.14. The van der Waals surface area contributed by atoms with Crippen LogP contribution in [-0.4, -0.2) is 41.3 Å². The minimum atomic E-state index is -0.0565. The van der Waals surface area contributed by atoms with Gasteiger partial charge in [0.25, 0.3) is 0 Å². The maximum Gasteiger partial charge on any atom is 0.317 e. The van der Waals surface area contributed by atoms with E-state index < -0.39 is 0 Å². The van der Waals surface area contributed by atoms with Crippen LogP contribution in [0.2, 0.25) is 0 Å². The number of aliphatic hydroxyl groups is 1. The van der Waals surface area contributed by atoms with Crippen LogP contribution in [0.5, 0.6) is 0 Å². The van der Waals surface area contributed by atoms with E-state index in [0.717, 1.165) is 51.6 Å². The van der Waals surface area contributed by atoms with Gasteiger partial charge in [-0.05, 0) is 39.0 Å². The van der Waals surface area contributed by atoms with Crippen molar-refractivity contribution in [3.63, 3.8) is 0 Å². The molecule has 2 N–H and O–H groups in total. The second-order valence-corrected chi connectivity index (χ2v) is 5.16. The fraction of sp³-hybridized carbons (Fsp3) is 0.923. The number of carbonyl (C=O) groups excluding carboxylic acids is 1. The zero-order chi connectivity index (χ0) is 12.7. The molecule has 0 bridgehead atoms. The summed E-state index contributed by atoms with van der Waals surface area (Å²) >= 11 is 0. The highest BCUT2D eigenvalue weighted by molar-refractivity contribution is 5.75. The molecule has 17 heavy (non-hydrogen) atoms. The number of amides is 2. The summed E-state index contributed by atoms with van der Waals surface area (Å²) in [4.78, 5) is 14.0. The maximum atomic E-state index is 12.1. The van der Waals surface area contributed by atoms with Crippen molar-refractivity contribution in [3.8, 4) is 0 Å². The molecule has 0 aromatic rings. The van der Waals surface area contributed by atoms with Gasteiger partial charge in [0, 0.05) is 25.2 Å². The second-order valence-electron chi connectivity index (χ2n) is 5.16. The highest BCUT2D eigenvalue weighted by Crippen LogP contribution is 2.32. The number of rotatable bonds is 6. The van der Waals surface area contributed by atoms with E-state index >= 15 is 0 Å². The number of unbranched alkanes of at least 4 members (excludes halogenated alkanes) is 1. The van der Waals surface area contributed by atoms with Crippen LogP contribution in [0.15, 0.2) is 0 Å². The Balaban J connectivity index is 2.46. The summed E-state index contributed by atoms with van der Waals surface area (Å²) in [6, 6.07) is 0.0661. The highest BCUT2D eigenvalue weighted by Gasteiger charge is 2.38. The van der Waals surface area contributed by atoms with Gasteiger partial charge in [-0.1, -0.05) is 13.3 Å². The SMILES string of the molecule is CCCCNC(=O)N1CCCC1(C)CCCO. The van der Waals surface area contributed by atoms with Gasteiger partial charge in [-0.3, -0.25) is 0 Å². The van der Waals surface area contributed by atoms with Gasteiger partial charge in [0.05, 0.1) is 0 Å². The predicted molar refractivity (Wildman–Crippen MR) is 69.0 cm³/mol. The molecule has 0 saturated carbocycles. The molecule has 1 rings (SSSR count). The third kappa shape index (κ3) is 3.87. The van der Waals surface area contributed by atoms with Crippen molar-refractivity contribution >= 4 is 6.03 Å². The van der Waals surface area contributed by atoms with Gasteiger partial charge in [-0.25, -0.2) is 4.79 Å². The number of hydrogen-bond donors (Lipinski definition) is 2. The first-order valence-corrected chi connectivity index (χ1v) is 6.80. The number of carbonyl (C=O) groups is 1. The molecule has 1 unspecified atom stereocenters. The molecule has 0 radical (unpaired) electrons. The van der Waals surface area contributed by atoms with Gasteiger partial charge in [-0.15, -0.1) is 0 Å².